The lowest BCUT2D eigenvalue weighted by atomic mass is 9.79. The third kappa shape index (κ3) is 3.02. The van der Waals surface area contributed by atoms with Crippen molar-refractivity contribution in [1.29, 1.82) is 0 Å². The second-order valence-corrected chi connectivity index (χ2v) is 10.3. The molecule has 0 aromatic heterocycles. The van der Waals surface area contributed by atoms with E-state index in [2.05, 4.69) is 4.72 Å². The van der Waals surface area contributed by atoms with Crippen molar-refractivity contribution >= 4 is 32.8 Å². The Labute approximate surface area is 163 Å². The van der Waals surface area contributed by atoms with E-state index in [9.17, 15) is 26.7 Å². The van der Waals surface area contributed by atoms with Gasteiger partial charge in [-0.05, 0) is 83.4 Å². The Morgan fingerprint density at radius 1 is 1.23 bits per heavy atom. The van der Waals surface area contributed by atoms with Crippen LogP contribution in [-0.4, -0.2) is 42.6 Å². The van der Waals surface area contributed by atoms with Gasteiger partial charge in [-0.2, -0.15) is 30.6 Å². The number of phenolic OH excluding ortho intramolecular Hbond substituents is 1. The topological polar surface area (TPSA) is 69.6 Å². The molecule has 1 spiro atoms. The largest absolute Gasteiger partial charge is 0.507 e. The lowest BCUT2D eigenvalue weighted by Crippen LogP contribution is -2.52. The zero-order chi connectivity index (χ0) is 18.9. The number of hydrogen-bond donors (Lipinski definition) is 2. The van der Waals surface area contributed by atoms with Crippen molar-refractivity contribution in [1.82, 2.24) is 9.03 Å². The second kappa shape index (κ2) is 5.95. The fourth-order valence-electron chi connectivity index (χ4n) is 4.86. The van der Waals surface area contributed by atoms with Crippen LogP contribution in [-0.2, 0) is 23.1 Å². The van der Waals surface area contributed by atoms with E-state index in [0.29, 0.717) is 17.1 Å². The lowest BCUT2D eigenvalue weighted by molar-refractivity contribution is -0.136. The fourth-order valence-corrected chi connectivity index (χ4v) is 7.09. The van der Waals surface area contributed by atoms with E-state index in [0.717, 1.165) is 27.5 Å². The minimum atomic E-state index is -4.57. The highest BCUT2D eigenvalue weighted by Crippen LogP contribution is 2.51. The highest BCUT2D eigenvalue weighted by molar-refractivity contribution is 14.1. The van der Waals surface area contributed by atoms with Gasteiger partial charge in [0.05, 0.1) is 9.11 Å². The van der Waals surface area contributed by atoms with Crippen molar-refractivity contribution in [3.63, 3.8) is 0 Å². The number of halogens is 4. The van der Waals surface area contributed by atoms with Gasteiger partial charge in [0.25, 0.3) is 10.2 Å². The molecule has 26 heavy (non-hydrogen) atoms. The van der Waals surface area contributed by atoms with Crippen molar-refractivity contribution in [2.24, 2.45) is 11.8 Å². The van der Waals surface area contributed by atoms with Crippen LogP contribution in [0.15, 0.2) is 12.1 Å². The van der Waals surface area contributed by atoms with Crippen molar-refractivity contribution in [3.05, 3.63) is 26.8 Å². The molecule has 4 rings (SSSR count). The van der Waals surface area contributed by atoms with Crippen molar-refractivity contribution in [3.8, 4) is 5.75 Å². The summed E-state index contributed by atoms with van der Waals surface area (Å²) in [4.78, 5) is 0. The van der Waals surface area contributed by atoms with Gasteiger partial charge in [-0.15, -0.1) is 0 Å². The molecule has 3 aliphatic rings. The molecule has 1 aromatic carbocycles. The Hall–Kier alpha value is -0.590. The summed E-state index contributed by atoms with van der Waals surface area (Å²) in [5, 5.41) is 9.99. The van der Waals surface area contributed by atoms with Crippen molar-refractivity contribution in [2.75, 3.05) is 13.1 Å². The first-order valence-corrected chi connectivity index (χ1v) is 10.9. The van der Waals surface area contributed by atoms with E-state index in [-0.39, 0.29) is 24.1 Å². The molecule has 144 valence electrons. The summed E-state index contributed by atoms with van der Waals surface area (Å²) < 4.78 is 67.2. The van der Waals surface area contributed by atoms with Crippen LogP contribution in [0.4, 0.5) is 13.2 Å². The molecular formula is C16H18F3IN2O3S. The van der Waals surface area contributed by atoms with Gasteiger partial charge < -0.3 is 5.11 Å². The molecule has 2 aliphatic carbocycles. The van der Waals surface area contributed by atoms with Crippen LogP contribution in [0.2, 0.25) is 0 Å². The third-order valence-electron chi connectivity index (χ3n) is 5.97. The number of hydrogen-bond acceptors (Lipinski definition) is 3. The molecular weight excluding hydrogens is 484 g/mol. The number of aromatic hydroxyl groups is 1. The van der Waals surface area contributed by atoms with Crippen LogP contribution in [0.1, 0.15) is 24.0 Å². The number of benzene rings is 1. The zero-order valence-electron chi connectivity index (χ0n) is 13.7. The summed E-state index contributed by atoms with van der Waals surface area (Å²) in [6.45, 7) is -1.61. The third-order valence-corrected chi connectivity index (χ3v) is 8.41. The van der Waals surface area contributed by atoms with E-state index >= 15 is 0 Å². The molecule has 1 saturated heterocycles. The number of nitrogens with zero attached hydrogens (tertiary/aromatic N) is 1. The number of phenols is 1. The van der Waals surface area contributed by atoms with Gasteiger partial charge in [-0.3, -0.25) is 0 Å². The number of rotatable bonds is 1. The van der Waals surface area contributed by atoms with Crippen molar-refractivity contribution in [2.45, 2.75) is 37.4 Å². The minimum Gasteiger partial charge on any atom is -0.507 e. The van der Waals surface area contributed by atoms with Gasteiger partial charge in [-0.1, -0.05) is 0 Å². The number of alkyl halides is 3. The molecule has 1 aromatic rings. The maximum absolute atomic E-state index is 12.8. The predicted octanol–water partition coefficient (Wildman–Crippen LogP) is 2.57. The summed E-state index contributed by atoms with van der Waals surface area (Å²) in [7, 11) is -4.16. The first-order valence-electron chi connectivity index (χ1n) is 8.36. The van der Waals surface area contributed by atoms with Gasteiger partial charge in [0.2, 0.25) is 0 Å². The summed E-state index contributed by atoms with van der Waals surface area (Å²) in [5.74, 6) is 0.0465. The van der Waals surface area contributed by atoms with Crippen molar-refractivity contribution < 1.29 is 26.7 Å². The summed E-state index contributed by atoms with van der Waals surface area (Å²) in [6, 6.07) is 3.61. The first-order chi connectivity index (χ1) is 12.0. The van der Waals surface area contributed by atoms with Crippen LogP contribution in [0, 0.1) is 15.4 Å². The van der Waals surface area contributed by atoms with E-state index < -0.39 is 28.5 Å². The Morgan fingerprint density at radius 3 is 2.38 bits per heavy atom. The van der Waals surface area contributed by atoms with E-state index in [4.69, 9.17) is 0 Å². The average molecular weight is 502 g/mol. The van der Waals surface area contributed by atoms with E-state index in [1.165, 1.54) is 0 Å². The SMILES string of the molecule is O=S1(=O)N[C@]2(CN1CC(F)(F)F)C1CCC2Cc2cc(I)c(O)cc2C1. The van der Waals surface area contributed by atoms with Gasteiger partial charge in [0.1, 0.15) is 12.3 Å². The Bertz CT molecular complexity index is 820. The molecule has 1 aliphatic heterocycles. The second-order valence-electron chi connectivity index (χ2n) is 7.48. The Balaban J connectivity index is 1.71. The smallest absolute Gasteiger partial charge is 0.402 e. The van der Waals surface area contributed by atoms with Gasteiger partial charge >= 0.3 is 6.18 Å². The molecule has 3 atom stereocenters. The van der Waals surface area contributed by atoms with E-state index in [1.54, 1.807) is 6.07 Å². The Morgan fingerprint density at radius 2 is 1.81 bits per heavy atom. The molecule has 1 saturated carbocycles. The van der Waals surface area contributed by atoms with Gasteiger partial charge in [0, 0.05) is 6.54 Å². The summed E-state index contributed by atoms with van der Waals surface area (Å²) in [6.07, 6.45) is -1.87. The molecule has 5 nitrogen and oxygen atoms in total. The monoisotopic (exact) mass is 502 g/mol. The Kier molecular flexibility index (Phi) is 4.29. The molecule has 0 radical (unpaired) electrons. The van der Waals surface area contributed by atoms with Gasteiger partial charge in [0.15, 0.2) is 0 Å². The summed E-state index contributed by atoms with van der Waals surface area (Å²) in [5.41, 5.74) is 1.14. The summed E-state index contributed by atoms with van der Waals surface area (Å²) >= 11 is 2.04. The predicted molar refractivity (Wildman–Crippen MR) is 96.9 cm³/mol. The average Bonchev–Trinajstić information content (AvgIpc) is 2.87. The first kappa shape index (κ1) is 18.8. The van der Waals surface area contributed by atoms with Crippen LogP contribution in [0.25, 0.3) is 0 Å². The van der Waals surface area contributed by atoms with Crippen LogP contribution >= 0.6 is 22.6 Å². The number of nitrogens with one attached hydrogen (secondary N) is 1. The van der Waals surface area contributed by atoms with E-state index in [1.807, 2.05) is 28.7 Å². The molecule has 2 N–H and O–H groups in total. The molecule has 0 amide bonds. The molecule has 1 heterocycles. The molecule has 10 heteroatoms. The van der Waals surface area contributed by atoms with Crippen LogP contribution in [0.5, 0.6) is 5.75 Å². The fraction of sp³-hybridized carbons (Fsp3) is 0.625. The molecule has 2 bridgehead atoms. The maximum Gasteiger partial charge on any atom is 0.402 e. The highest BCUT2D eigenvalue weighted by atomic mass is 127. The molecule has 2 unspecified atom stereocenters. The van der Waals surface area contributed by atoms with Gasteiger partial charge in [-0.25, -0.2) is 0 Å². The molecule has 2 fully saturated rings. The van der Waals surface area contributed by atoms with Crippen LogP contribution < -0.4 is 4.72 Å². The minimum absolute atomic E-state index is 0.0536. The highest BCUT2D eigenvalue weighted by Gasteiger charge is 2.60. The lowest BCUT2D eigenvalue weighted by Gasteiger charge is -2.33. The zero-order valence-corrected chi connectivity index (χ0v) is 16.7. The normalized spacial score (nSPS) is 33.4. The standard InChI is InChI=1S/C16H18F3IN2O3S/c17-16(18,19)8-22-7-15(21-26(22,24)25)11-1-2-12(15)4-10-6-14(23)13(20)5-9(10)3-11/h5-6,11-12,21,23H,1-4,7-8H2/t11?,12?,15-/m0/s1. The quantitative estimate of drug-likeness (QED) is 0.581. The van der Waals surface area contributed by atoms with Crippen LogP contribution in [0.3, 0.4) is 0 Å². The number of fused-ring (bicyclic) bond motifs is 1. The maximum atomic E-state index is 12.8.